The number of esters is 1. The lowest BCUT2D eigenvalue weighted by atomic mass is 10.1. The molecule has 1 amide bonds. The minimum Gasteiger partial charge on any atom is -0.497 e. The fraction of sp³-hybridized carbons (Fsp3) is 0.263. The summed E-state index contributed by atoms with van der Waals surface area (Å²) >= 11 is 0. The van der Waals surface area contributed by atoms with Crippen molar-refractivity contribution in [3.8, 4) is 5.75 Å². The number of benzene rings is 2. The zero-order valence-corrected chi connectivity index (χ0v) is 14.5. The molecule has 2 rings (SSSR count). The van der Waals surface area contributed by atoms with E-state index < -0.39 is 12.1 Å². The Balaban J connectivity index is 1.91. The molecule has 0 unspecified atom stereocenters. The van der Waals surface area contributed by atoms with Crippen molar-refractivity contribution < 1.29 is 19.1 Å². The molecule has 0 saturated carbocycles. The highest BCUT2D eigenvalue weighted by Gasteiger charge is 2.20. The number of nitrogens with one attached hydrogen (secondary N) is 1. The molecule has 2 aromatic rings. The molecule has 25 heavy (non-hydrogen) atoms. The van der Waals surface area contributed by atoms with Gasteiger partial charge in [0.1, 0.15) is 5.75 Å². The van der Waals surface area contributed by atoms with Crippen molar-refractivity contribution in [1.82, 2.24) is 5.32 Å². The first-order chi connectivity index (χ1) is 11.9. The number of carbonyl (C=O) groups excluding carboxylic acids is 2. The van der Waals surface area contributed by atoms with Crippen LogP contribution in [0, 0.1) is 6.92 Å². The van der Waals surface area contributed by atoms with Crippen molar-refractivity contribution in [1.29, 1.82) is 0 Å². The third-order valence-electron chi connectivity index (χ3n) is 3.82. The van der Waals surface area contributed by atoms with Gasteiger partial charge in [0.15, 0.2) is 6.10 Å². The van der Waals surface area contributed by atoms with E-state index in [1.54, 1.807) is 32.2 Å². The Morgan fingerprint density at radius 1 is 1.16 bits per heavy atom. The normalized spacial score (nSPS) is 11.5. The van der Waals surface area contributed by atoms with Gasteiger partial charge in [0, 0.05) is 12.2 Å². The third-order valence-corrected chi connectivity index (χ3v) is 3.82. The molecule has 0 radical (unpaired) electrons. The van der Waals surface area contributed by atoms with Crippen molar-refractivity contribution in [3.63, 3.8) is 0 Å². The molecule has 1 atom stereocenters. The molecule has 0 aliphatic rings. The highest BCUT2D eigenvalue weighted by atomic mass is 16.5. The van der Waals surface area contributed by atoms with Gasteiger partial charge in [-0.2, -0.15) is 0 Å². The zero-order chi connectivity index (χ0) is 18.4. The van der Waals surface area contributed by atoms with Gasteiger partial charge in [-0.05, 0) is 43.2 Å². The second-order valence-electron chi connectivity index (χ2n) is 5.65. The molecular weight excluding hydrogens is 320 g/mol. The number of rotatable bonds is 6. The molecule has 132 valence electrons. The second kappa shape index (κ2) is 8.19. The topological polar surface area (TPSA) is 90.6 Å². The van der Waals surface area contributed by atoms with Crippen molar-refractivity contribution in [2.75, 3.05) is 12.8 Å². The average molecular weight is 342 g/mol. The van der Waals surface area contributed by atoms with Gasteiger partial charge in [0.25, 0.3) is 5.91 Å². The molecule has 0 heterocycles. The summed E-state index contributed by atoms with van der Waals surface area (Å²) in [7, 11) is 1.59. The molecule has 0 aliphatic carbocycles. The van der Waals surface area contributed by atoms with Gasteiger partial charge in [-0.25, -0.2) is 4.79 Å². The lowest BCUT2D eigenvalue weighted by Gasteiger charge is -2.15. The van der Waals surface area contributed by atoms with E-state index in [0.29, 0.717) is 12.2 Å². The smallest absolute Gasteiger partial charge is 0.341 e. The van der Waals surface area contributed by atoms with Crippen LogP contribution in [0.3, 0.4) is 0 Å². The van der Waals surface area contributed by atoms with Crippen LogP contribution in [0.1, 0.15) is 28.4 Å². The number of carbonyl (C=O) groups is 2. The van der Waals surface area contributed by atoms with Crippen LogP contribution in [0.25, 0.3) is 0 Å². The number of aryl methyl sites for hydroxylation is 1. The quantitative estimate of drug-likeness (QED) is 0.621. The Hall–Kier alpha value is -3.02. The van der Waals surface area contributed by atoms with Crippen molar-refractivity contribution >= 4 is 17.6 Å². The fourth-order valence-corrected chi connectivity index (χ4v) is 2.21. The second-order valence-corrected chi connectivity index (χ2v) is 5.65. The largest absolute Gasteiger partial charge is 0.497 e. The maximum absolute atomic E-state index is 12.2. The number of hydrogen-bond acceptors (Lipinski definition) is 5. The molecule has 6 heteroatoms. The first-order valence-corrected chi connectivity index (χ1v) is 7.89. The summed E-state index contributed by atoms with van der Waals surface area (Å²) in [6.07, 6.45) is -0.925. The van der Waals surface area contributed by atoms with E-state index in [4.69, 9.17) is 15.2 Å². The maximum Gasteiger partial charge on any atom is 0.341 e. The van der Waals surface area contributed by atoms with E-state index in [9.17, 15) is 9.59 Å². The molecule has 0 fully saturated rings. The van der Waals surface area contributed by atoms with Crippen LogP contribution in [-0.2, 0) is 16.1 Å². The maximum atomic E-state index is 12.2. The number of nitrogen functional groups attached to an aromatic ring is 1. The Labute approximate surface area is 146 Å². The van der Waals surface area contributed by atoms with Gasteiger partial charge in [0.05, 0.1) is 12.7 Å². The SMILES string of the molecule is COc1ccc(CNC(=O)[C@H](C)OC(=O)c2cccc(C)c2N)cc1. The molecule has 2 aromatic carbocycles. The molecule has 0 aromatic heterocycles. The van der Waals surface area contributed by atoms with E-state index in [0.717, 1.165) is 16.9 Å². The van der Waals surface area contributed by atoms with Crippen LogP contribution in [-0.4, -0.2) is 25.1 Å². The summed E-state index contributed by atoms with van der Waals surface area (Å²) in [5, 5.41) is 2.73. The summed E-state index contributed by atoms with van der Waals surface area (Å²) < 4.78 is 10.3. The van der Waals surface area contributed by atoms with Crippen LogP contribution >= 0.6 is 0 Å². The minimum atomic E-state index is -0.925. The molecule has 3 N–H and O–H groups in total. The van der Waals surface area contributed by atoms with E-state index in [-0.39, 0.29) is 11.5 Å². The van der Waals surface area contributed by atoms with Gasteiger partial charge in [0.2, 0.25) is 0 Å². The predicted octanol–water partition coefficient (Wildman–Crippen LogP) is 2.45. The molecule has 0 bridgehead atoms. The van der Waals surface area contributed by atoms with E-state index in [2.05, 4.69) is 5.32 Å². The third kappa shape index (κ3) is 4.73. The Morgan fingerprint density at radius 3 is 2.48 bits per heavy atom. The van der Waals surface area contributed by atoms with Crippen LogP contribution in [0.15, 0.2) is 42.5 Å². The van der Waals surface area contributed by atoms with Crippen molar-refractivity contribution in [3.05, 3.63) is 59.2 Å². The first kappa shape index (κ1) is 18.3. The molecule has 0 aliphatic heterocycles. The number of amides is 1. The molecule has 6 nitrogen and oxygen atoms in total. The average Bonchev–Trinajstić information content (AvgIpc) is 2.62. The van der Waals surface area contributed by atoms with Crippen molar-refractivity contribution in [2.45, 2.75) is 26.5 Å². The number of anilines is 1. The molecule has 0 saturated heterocycles. The summed E-state index contributed by atoms with van der Waals surface area (Å²) in [5.74, 6) is -0.253. The summed E-state index contributed by atoms with van der Waals surface area (Å²) in [5.41, 5.74) is 8.20. The van der Waals surface area contributed by atoms with Gasteiger partial charge in [-0.1, -0.05) is 24.3 Å². The first-order valence-electron chi connectivity index (χ1n) is 7.89. The number of nitrogens with two attached hydrogens (primary N) is 1. The summed E-state index contributed by atoms with van der Waals surface area (Å²) in [4.78, 5) is 24.3. The minimum absolute atomic E-state index is 0.259. The monoisotopic (exact) mass is 342 g/mol. The Kier molecular flexibility index (Phi) is 6.00. The standard InChI is InChI=1S/C19H22N2O4/c1-12-5-4-6-16(17(12)20)19(23)25-13(2)18(22)21-11-14-7-9-15(24-3)10-8-14/h4-10,13H,11,20H2,1-3H3,(H,21,22)/t13-/m0/s1. The van der Waals surface area contributed by atoms with Gasteiger partial charge < -0.3 is 20.5 Å². The highest BCUT2D eigenvalue weighted by Crippen LogP contribution is 2.18. The lowest BCUT2D eigenvalue weighted by Crippen LogP contribution is -2.35. The van der Waals surface area contributed by atoms with E-state index in [1.807, 2.05) is 24.3 Å². The van der Waals surface area contributed by atoms with Gasteiger partial charge in [-0.3, -0.25) is 4.79 Å². The fourth-order valence-electron chi connectivity index (χ4n) is 2.21. The Morgan fingerprint density at radius 2 is 1.84 bits per heavy atom. The number of hydrogen-bond donors (Lipinski definition) is 2. The number of ether oxygens (including phenoxy) is 2. The van der Waals surface area contributed by atoms with Crippen LogP contribution < -0.4 is 15.8 Å². The number of methoxy groups -OCH3 is 1. The van der Waals surface area contributed by atoms with Crippen LogP contribution in [0.4, 0.5) is 5.69 Å². The molecular formula is C19H22N2O4. The van der Waals surface area contributed by atoms with Crippen LogP contribution in [0.5, 0.6) is 5.75 Å². The van der Waals surface area contributed by atoms with E-state index >= 15 is 0 Å². The van der Waals surface area contributed by atoms with Gasteiger partial charge in [-0.15, -0.1) is 0 Å². The predicted molar refractivity (Wildman–Crippen MR) is 95.3 cm³/mol. The van der Waals surface area contributed by atoms with Gasteiger partial charge >= 0.3 is 5.97 Å². The number of para-hydroxylation sites is 1. The van der Waals surface area contributed by atoms with E-state index in [1.165, 1.54) is 6.92 Å². The molecule has 0 spiro atoms. The highest BCUT2D eigenvalue weighted by molar-refractivity contribution is 5.97. The van der Waals surface area contributed by atoms with Crippen LogP contribution in [0.2, 0.25) is 0 Å². The summed E-state index contributed by atoms with van der Waals surface area (Å²) in [6, 6.07) is 12.4. The Bertz CT molecular complexity index is 757. The summed E-state index contributed by atoms with van der Waals surface area (Å²) in [6.45, 7) is 3.65. The lowest BCUT2D eigenvalue weighted by molar-refractivity contribution is -0.129. The zero-order valence-electron chi connectivity index (χ0n) is 14.5. The van der Waals surface area contributed by atoms with Crippen molar-refractivity contribution in [2.24, 2.45) is 0 Å².